The molecule has 0 aliphatic rings. The number of thiophene rings is 2. The lowest BCUT2D eigenvalue weighted by Crippen LogP contribution is -2.28. The molecular weight excluding hydrogens is 324 g/mol. The summed E-state index contributed by atoms with van der Waals surface area (Å²) in [5.41, 5.74) is 7.43. The van der Waals surface area contributed by atoms with Gasteiger partial charge in [-0.3, -0.25) is 0 Å². The Bertz CT molecular complexity index is 744. The Balaban J connectivity index is 2.33. The molecule has 0 spiro atoms. The minimum Gasteiger partial charge on any atom is -0.326 e. The molecule has 0 aliphatic carbocycles. The molecule has 0 aromatic carbocycles. The molecule has 21 heavy (non-hydrogen) atoms. The molecule has 0 aliphatic heterocycles. The number of rotatable bonds is 5. The van der Waals surface area contributed by atoms with E-state index in [9.17, 15) is 8.42 Å². The van der Waals surface area contributed by atoms with E-state index < -0.39 is 10.0 Å². The number of hydrogen-bond acceptors (Lipinski definition) is 5. The fourth-order valence-corrected chi connectivity index (χ4v) is 6.37. The summed E-state index contributed by atoms with van der Waals surface area (Å²) < 4.78 is 28.1. The van der Waals surface area contributed by atoms with Crippen molar-refractivity contribution in [1.82, 2.24) is 4.72 Å². The van der Waals surface area contributed by atoms with Gasteiger partial charge in [0.15, 0.2) is 0 Å². The molecule has 2 aromatic rings. The molecule has 7 heteroatoms. The third kappa shape index (κ3) is 3.37. The van der Waals surface area contributed by atoms with Gasteiger partial charge >= 0.3 is 0 Å². The van der Waals surface area contributed by atoms with Crippen LogP contribution < -0.4 is 10.5 Å². The van der Waals surface area contributed by atoms with Crippen molar-refractivity contribution in [3.05, 3.63) is 37.2 Å². The van der Waals surface area contributed by atoms with Gasteiger partial charge in [0, 0.05) is 27.2 Å². The van der Waals surface area contributed by atoms with Crippen LogP contribution in [0.2, 0.25) is 0 Å². The van der Waals surface area contributed by atoms with Crippen LogP contribution in [-0.2, 0) is 16.6 Å². The van der Waals surface area contributed by atoms with Gasteiger partial charge in [-0.15, -0.1) is 22.7 Å². The van der Waals surface area contributed by atoms with Gasteiger partial charge in [-0.2, -0.15) is 0 Å². The Hall–Kier alpha value is -0.730. The van der Waals surface area contributed by atoms with E-state index in [1.165, 1.54) is 16.2 Å². The Morgan fingerprint density at radius 1 is 1.33 bits per heavy atom. The van der Waals surface area contributed by atoms with Crippen molar-refractivity contribution in [3.8, 4) is 0 Å². The van der Waals surface area contributed by atoms with Crippen molar-refractivity contribution in [1.29, 1.82) is 0 Å². The quantitative estimate of drug-likeness (QED) is 0.874. The highest BCUT2D eigenvalue weighted by molar-refractivity contribution is 7.89. The maximum Gasteiger partial charge on any atom is 0.242 e. The van der Waals surface area contributed by atoms with Gasteiger partial charge in [-0.25, -0.2) is 13.1 Å². The molecule has 0 saturated carbocycles. The van der Waals surface area contributed by atoms with Gasteiger partial charge in [0.2, 0.25) is 10.0 Å². The van der Waals surface area contributed by atoms with Crippen LogP contribution >= 0.6 is 22.7 Å². The molecule has 4 nitrogen and oxygen atoms in total. The van der Waals surface area contributed by atoms with E-state index in [-0.39, 0.29) is 12.6 Å². The van der Waals surface area contributed by atoms with Crippen molar-refractivity contribution in [2.75, 3.05) is 0 Å². The summed E-state index contributed by atoms with van der Waals surface area (Å²) in [6.45, 7) is 7.95. The molecule has 0 bridgehead atoms. The summed E-state index contributed by atoms with van der Waals surface area (Å²) in [4.78, 5) is 3.36. The predicted octanol–water partition coefficient (Wildman–Crippen LogP) is 3.23. The smallest absolute Gasteiger partial charge is 0.242 e. The largest absolute Gasteiger partial charge is 0.326 e. The van der Waals surface area contributed by atoms with Crippen LogP contribution in [0.15, 0.2) is 16.3 Å². The molecular formula is C14H20N2O2S3. The Kier molecular flexibility index (Phi) is 4.89. The molecule has 116 valence electrons. The average Bonchev–Trinajstić information content (AvgIpc) is 2.91. The fraction of sp³-hybridized carbons (Fsp3) is 0.429. The Morgan fingerprint density at radius 2 is 2.00 bits per heavy atom. The topological polar surface area (TPSA) is 72.2 Å². The third-order valence-electron chi connectivity index (χ3n) is 3.32. The number of nitrogens with two attached hydrogens (primary N) is 1. The number of aryl methyl sites for hydroxylation is 3. The van der Waals surface area contributed by atoms with E-state index in [1.54, 1.807) is 18.3 Å². The average molecular weight is 345 g/mol. The van der Waals surface area contributed by atoms with Gasteiger partial charge < -0.3 is 5.73 Å². The van der Waals surface area contributed by atoms with Gasteiger partial charge in [0.05, 0.1) is 0 Å². The van der Waals surface area contributed by atoms with Gasteiger partial charge in [-0.05, 0) is 50.3 Å². The van der Waals surface area contributed by atoms with E-state index in [4.69, 9.17) is 5.73 Å². The Morgan fingerprint density at radius 3 is 2.52 bits per heavy atom. The first-order valence-electron chi connectivity index (χ1n) is 6.62. The van der Waals surface area contributed by atoms with Gasteiger partial charge in [-0.1, -0.05) is 0 Å². The highest BCUT2D eigenvalue weighted by Crippen LogP contribution is 2.30. The summed E-state index contributed by atoms with van der Waals surface area (Å²) in [5.74, 6) is 0. The zero-order valence-electron chi connectivity index (χ0n) is 12.6. The van der Waals surface area contributed by atoms with Crippen LogP contribution in [0.1, 0.15) is 38.7 Å². The van der Waals surface area contributed by atoms with Crippen LogP contribution in [0, 0.1) is 20.8 Å². The van der Waals surface area contributed by atoms with Crippen molar-refractivity contribution >= 4 is 32.7 Å². The van der Waals surface area contributed by atoms with E-state index in [1.807, 2.05) is 32.2 Å². The van der Waals surface area contributed by atoms with Crippen molar-refractivity contribution in [3.63, 3.8) is 0 Å². The van der Waals surface area contributed by atoms with Crippen LogP contribution in [0.25, 0.3) is 0 Å². The maximum absolute atomic E-state index is 12.6. The lowest BCUT2D eigenvalue weighted by molar-refractivity contribution is 0.565. The summed E-state index contributed by atoms with van der Waals surface area (Å²) in [5, 5.41) is 1.83. The van der Waals surface area contributed by atoms with Gasteiger partial charge in [0.1, 0.15) is 4.90 Å². The highest BCUT2D eigenvalue weighted by atomic mass is 32.2. The lowest BCUT2D eigenvalue weighted by atomic mass is 10.1. The highest BCUT2D eigenvalue weighted by Gasteiger charge is 2.25. The molecule has 0 radical (unpaired) electrons. The lowest BCUT2D eigenvalue weighted by Gasteiger charge is -2.15. The molecule has 0 saturated heterocycles. The minimum absolute atomic E-state index is 0.236. The van der Waals surface area contributed by atoms with Crippen molar-refractivity contribution in [2.45, 2.75) is 45.2 Å². The maximum atomic E-state index is 12.6. The first-order chi connectivity index (χ1) is 9.76. The second-order valence-corrected chi connectivity index (χ2v) is 9.16. The summed E-state index contributed by atoms with van der Waals surface area (Å²) in [6, 6.07) is 1.78. The van der Waals surface area contributed by atoms with Crippen LogP contribution in [-0.4, -0.2) is 8.42 Å². The molecule has 1 unspecified atom stereocenters. The molecule has 0 amide bonds. The standard InChI is InChI=1S/C14H20N2O2S3/c1-8-7-19-13(6-15)14(8)21(17,18)16-10(3)12-5-9(2)20-11(12)4/h5,7,10,16H,6,15H2,1-4H3. The monoisotopic (exact) mass is 344 g/mol. The summed E-state index contributed by atoms with van der Waals surface area (Å²) in [7, 11) is -3.56. The van der Waals surface area contributed by atoms with E-state index >= 15 is 0 Å². The molecule has 3 N–H and O–H groups in total. The van der Waals surface area contributed by atoms with Crippen LogP contribution in [0.3, 0.4) is 0 Å². The number of hydrogen-bond donors (Lipinski definition) is 2. The zero-order chi connectivity index (χ0) is 15.8. The second kappa shape index (κ2) is 6.18. The molecule has 2 heterocycles. The molecule has 1 atom stereocenters. The zero-order valence-corrected chi connectivity index (χ0v) is 15.0. The van der Waals surface area contributed by atoms with Gasteiger partial charge in [0.25, 0.3) is 0 Å². The third-order valence-corrected chi connectivity index (χ3v) is 7.33. The summed E-state index contributed by atoms with van der Waals surface area (Å²) in [6.07, 6.45) is 0. The van der Waals surface area contributed by atoms with E-state index in [0.29, 0.717) is 9.77 Å². The minimum atomic E-state index is -3.56. The SMILES string of the molecule is Cc1cc(C(C)NS(=O)(=O)c2c(C)csc2CN)c(C)s1. The van der Waals surface area contributed by atoms with Crippen molar-refractivity contribution < 1.29 is 8.42 Å². The number of nitrogens with one attached hydrogen (secondary N) is 1. The molecule has 2 aromatic heterocycles. The van der Waals surface area contributed by atoms with Crippen LogP contribution in [0.5, 0.6) is 0 Å². The van der Waals surface area contributed by atoms with E-state index in [0.717, 1.165) is 16.0 Å². The number of sulfonamides is 1. The van der Waals surface area contributed by atoms with E-state index in [2.05, 4.69) is 4.72 Å². The predicted molar refractivity (Wildman–Crippen MR) is 89.5 cm³/mol. The first-order valence-corrected chi connectivity index (χ1v) is 9.80. The van der Waals surface area contributed by atoms with Crippen molar-refractivity contribution in [2.24, 2.45) is 5.73 Å². The fourth-order valence-electron chi connectivity index (χ4n) is 2.42. The normalized spacial score (nSPS) is 13.6. The van der Waals surface area contributed by atoms with Crippen LogP contribution in [0.4, 0.5) is 0 Å². The molecule has 0 fully saturated rings. The summed E-state index contributed by atoms with van der Waals surface area (Å²) >= 11 is 3.07. The Labute approximate surface area is 134 Å². The second-order valence-electron chi connectivity index (χ2n) is 5.09. The first kappa shape index (κ1) is 16.6. The molecule has 2 rings (SSSR count).